The fourth-order valence-electron chi connectivity index (χ4n) is 11.6. The van der Waals surface area contributed by atoms with Crippen molar-refractivity contribution < 1.29 is 4.74 Å². The molecule has 0 atom stereocenters. The van der Waals surface area contributed by atoms with Gasteiger partial charge in [-0.15, -0.1) is 0 Å². The monoisotopic (exact) mass is 792 g/mol. The second kappa shape index (κ2) is 13.0. The molecule has 292 valence electrons. The van der Waals surface area contributed by atoms with E-state index in [4.69, 9.17) is 4.74 Å². The SMILES string of the molecule is CC1(C)c2ccccc2-c2ccc(N3c4cc(N(c5ccccc5)c5ccccc5)cc5c4B4c6c(cccc6C(c6ccccc6)(c6ccccc6)c6cccc3c64)O5)cc21. The largest absolute Gasteiger partial charge is 0.458 e. The summed E-state index contributed by atoms with van der Waals surface area (Å²) in [6, 6.07) is 78.2. The van der Waals surface area contributed by atoms with Gasteiger partial charge in [0, 0.05) is 39.9 Å². The van der Waals surface area contributed by atoms with Gasteiger partial charge in [-0.2, -0.15) is 0 Å². The Morgan fingerprint density at radius 1 is 0.419 bits per heavy atom. The minimum Gasteiger partial charge on any atom is -0.458 e. The molecule has 4 heteroatoms. The van der Waals surface area contributed by atoms with Crippen molar-refractivity contribution in [3.8, 4) is 22.6 Å². The number of nitrogens with zero attached hydrogens (tertiary/aromatic N) is 2. The summed E-state index contributed by atoms with van der Waals surface area (Å²) < 4.78 is 7.36. The molecular formula is C58H41BN2O. The molecule has 0 unspecified atom stereocenters. The van der Waals surface area contributed by atoms with Crippen molar-refractivity contribution >= 4 is 57.2 Å². The Morgan fingerprint density at radius 3 is 1.66 bits per heavy atom. The normalized spacial score (nSPS) is 14.9. The van der Waals surface area contributed by atoms with Crippen LogP contribution in [-0.4, -0.2) is 6.71 Å². The van der Waals surface area contributed by atoms with E-state index in [1.165, 1.54) is 66.6 Å². The van der Waals surface area contributed by atoms with Gasteiger partial charge in [0.25, 0.3) is 6.71 Å². The highest BCUT2D eigenvalue weighted by atomic mass is 16.5. The molecule has 13 rings (SSSR count). The maximum absolute atomic E-state index is 7.36. The summed E-state index contributed by atoms with van der Waals surface area (Å²) in [4.78, 5) is 4.91. The summed E-state index contributed by atoms with van der Waals surface area (Å²) >= 11 is 0. The molecule has 0 spiro atoms. The Labute approximate surface area is 363 Å². The molecule has 62 heavy (non-hydrogen) atoms. The number of hydrogen-bond donors (Lipinski definition) is 0. The second-order valence-electron chi connectivity index (χ2n) is 17.6. The van der Waals surface area contributed by atoms with Crippen LogP contribution in [0.25, 0.3) is 11.1 Å². The molecule has 0 radical (unpaired) electrons. The van der Waals surface area contributed by atoms with Gasteiger partial charge in [-0.25, -0.2) is 0 Å². The van der Waals surface area contributed by atoms with Crippen LogP contribution >= 0.6 is 0 Å². The van der Waals surface area contributed by atoms with Crippen molar-refractivity contribution in [3.63, 3.8) is 0 Å². The Balaban J connectivity index is 1.14. The maximum Gasteiger partial charge on any atom is 0.257 e. The third-order valence-corrected chi connectivity index (χ3v) is 14.2. The zero-order valence-corrected chi connectivity index (χ0v) is 34.6. The predicted octanol–water partition coefficient (Wildman–Crippen LogP) is 12.6. The summed E-state index contributed by atoms with van der Waals surface area (Å²) in [7, 11) is 0. The van der Waals surface area contributed by atoms with Gasteiger partial charge >= 0.3 is 0 Å². The van der Waals surface area contributed by atoms with Crippen LogP contribution in [0.1, 0.15) is 47.2 Å². The lowest BCUT2D eigenvalue weighted by Crippen LogP contribution is -2.66. The summed E-state index contributed by atoms with van der Waals surface area (Å²) in [6.07, 6.45) is 0. The summed E-state index contributed by atoms with van der Waals surface area (Å²) in [5, 5.41) is 0. The minimum absolute atomic E-state index is 0.0472. The molecule has 0 saturated carbocycles. The van der Waals surface area contributed by atoms with Crippen molar-refractivity contribution in [1.82, 2.24) is 0 Å². The Hall–Kier alpha value is -7.56. The number of hydrogen-bond acceptors (Lipinski definition) is 3. The Bertz CT molecular complexity index is 3180. The van der Waals surface area contributed by atoms with Crippen molar-refractivity contribution in [2.75, 3.05) is 9.80 Å². The summed E-state index contributed by atoms with van der Waals surface area (Å²) in [5.74, 6) is 1.80. The van der Waals surface area contributed by atoms with Crippen molar-refractivity contribution in [2.24, 2.45) is 0 Å². The number of anilines is 6. The van der Waals surface area contributed by atoms with Crippen LogP contribution in [0.5, 0.6) is 11.5 Å². The molecule has 0 N–H and O–H groups in total. The van der Waals surface area contributed by atoms with Gasteiger partial charge in [0.2, 0.25) is 0 Å². The fraction of sp³-hybridized carbons (Fsp3) is 0.0690. The standard InChI is InChI=1S/C58H41BN2O/c1-57(2)46-28-16-15-27-44(46)45-34-33-42(35-49(45)57)61-50-31-17-29-47-54(50)59-55-48(58(47,38-19-7-3-8-20-38)39-21-9-4-10-22-39)30-18-32-52(55)62-53-37-43(36-51(61)56(53)59)60(40-23-11-5-12-24-40)41-25-13-6-14-26-41/h3-37H,1-2H3. The van der Waals surface area contributed by atoms with Crippen molar-refractivity contribution in [3.05, 3.63) is 246 Å². The van der Waals surface area contributed by atoms with Crippen LogP contribution in [-0.2, 0) is 10.8 Å². The van der Waals surface area contributed by atoms with Gasteiger partial charge in [-0.3, -0.25) is 0 Å². The first-order chi connectivity index (χ1) is 30.5. The average Bonchev–Trinajstić information content (AvgIpc) is 3.55. The highest BCUT2D eigenvalue weighted by Crippen LogP contribution is 2.55. The number of benzene rings is 9. The first-order valence-electron chi connectivity index (χ1n) is 21.7. The molecule has 1 aliphatic carbocycles. The smallest absolute Gasteiger partial charge is 0.257 e. The molecule has 9 aromatic rings. The highest BCUT2D eigenvalue weighted by molar-refractivity contribution is 7.00. The summed E-state index contributed by atoms with van der Waals surface area (Å²) in [5.41, 5.74) is 20.1. The van der Waals surface area contributed by atoms with Gasteiger partial charge in [-0.05, 0) is 115 Å². The molecule has 0 amide bonds. The summed E-state index contributed by atoms with van der Waals surface area (Å²) in [6.45, 7) is 4.70. The van der Waals surface area contributed by atoms with E-state index in [0.717, 1.165) is 39.9 Å². The van der Waals surface area contributed by atoms with Gasteiger partial charge in [-0.1, -0.05) is 166 Å². The van der Waals surface area contributed by atoms with E-state index in [1.54, 1.807) is 0 Å². The molecule has 3 aliphatic heterocycles. The zero-order chi connectivity index (χ0) is 41.2. The van der Waals surface area contributed by atoms with E-state index in [2.05, 4.69) is 236 Å². The van der Waals surface area contributed by atoms with Crippen LogP contribution < -0.4 is 30.9 Å². The van der Waals surface area contributed by atoms with E-state index in [-0.39, 0.29) is 12.1 Å². The number of para-hydroxylation sites is 2. The molecule has 0 fully saturated rings. The van der Waals surface area contributed by atoms with E-state index in [0.29, 0.717) is 0 Å². The molecule has 0 bridgehead atoms. The number of ether oxygens (including phenoxy) is 1. The topological polar surface area (TPSA) is 15.7 Å². The molecule has 4 aliphatic rings. The second-order valence-corrected chi connectivity index (χ2v) is 17.6. The van der Waals surface area contributed by atoms with Crippen LogP contribution in [0.15, 0.2) is 212 Å². The van der Waals surface area contributed by atoms with Crippen molar-refractivity contribution in [2.45, 2.75) is 24.7 Å². The molecule has 3 heterocycles. The third kappa shape index (κ3) is 4.67. The molecule has 0 saturated heterocycles. The lowest BCUT2D eigenvalue weighted by atomic mass is 9.28. The first kappa shape index (κ1) is 35.2. The number of fused-ring (bicyclic) bond motifs is 3. The lowest BCUT2D eigenvalue weighted by molar-refractivity contribution is 0.486. The first-order valence-corrected chi connectivity index (χ1v) is 21.7. The fourth-order valence-corrected chi connectivity index (χ4v) is 11.6. The predicted molar refractivity (Wildman–Crippen MR) is 256 cm³/mol. The molecule has 3 nitrogen and oxygen atoms in total. The van der Waals surface area contributed by atoms with Crippen LogP contribution in [0, 0.1) is 0 Å². The average molecular weight is 793 g/mol. The van der Waals surface area contributed by atoms with E-state index >= 15 is 0 Å². The van der Waals surface area contributed by atoms with Crippen molar-refractivity contribution in [1.29, 1.82) is 0 Å². The van der Waals surface area contributed by atoms with Gasteiger partial charge in [0.05, 0.1) is 11.1 Å². The van der Waals surface area contributed by atoms with Crippen LogP contribution in [0.2, 0.25) is 0 Å². The third-order valence-electron chi connectivity index (χ3n) is 14.2. The Kier molecular flexibility index (Phi) is 7.37. The van der Waals surface area contributed by atoms with Gasteiger partial charge in [0.1, 0.15) is 11.5 Å². The quantitative estimate of drug-likeness (QED) is 0.156. The lowest BCUT2D eigenvalue weighted by Gasteiger charge is -2.50. The van der Waals surface area contributed by atoms with Gasteiger partial charge < -0.3 is 14.5 Å². The van der Waals surface area contributed by atoms with Crippen LogP contribution in [0.3, 0.4) is 0 Å². The maximum atomic E-state index is 7.36. The zero-order valence-electron chi connectivity index (χ0n) is 34.6. The van der Waals surface area contributed by atoms with Crippen LogP contribution in [0.4, 0.5) is 34.1 Å². The number of rotatable bonds is 6. The molecule has 9 aromatic carbocycles. The van der Waals surface area contributed by atoms with E-state index in [9.17, 15) is 0 Å². The highest BCUT2D eigenvalue weighted by Gasteiger charge is 2.55. The van der Waals surface area contributed by atoms with E-state index < -0.39 is 5.41 Å². The van der Waals surface area contributed by atoms with Gasteiger partial charge in [0.15, 0.2) is 0 Å². The Morgan fingerprint density at radius 2 is 0.984 bits per heavy atom. The molecule has 0 aromatic heterocycles. The van der Waals surface area contributed by atoms with E-state index in [1.807, 2.05) is 0 Å². The molecular weight excluding hydrogens is 751 g/mol. The minimum atomic E-state index is -0.599.